The Kier molecular flexibility index (Phi) is 4.56. The average molecular weight is 431 g/mol. The molecule has 0 saturated heterocycles. The van der Waals surface area contributed by atoms with Gasteiger partial charge in [-0.15, -0.1) is 0 Å². The Balaban J connectivity index is 2.40. The van der Waals surface area contributed by atoms with E-state index in [1.165, 1.54) is 30.3 Å². The molecule has 2 aromatic rings. The number of hydrogen-bond acceptors (Lipinski definition) is 4. The molecule has 21 heavy (non-hydrogen) atoms. The summed E-state index contributed by atoms with van der Waals surface area (Å²) < 4.78 is 28.3. The Labute approximate surface area is 139 Å². The number of anilines is 2. The van der Waals surface area contributed by atoms with Crippen molar-refractivity contribution in [2.24, 2.45) is 0 Å². The lowest BCUT2D eigenvalue weighted by molar-refractivity contribution is 0.601. The Morgan fingerprint density at radius 2 is 1.86 bits per heavy atom. The molecular weight excluding hydrogens is 422 g/mol. The molecule has 5 nitrogen and oxygen atoms in total. The summed E-state index contributed by atoms with van der Waals surface area (Å²) in [7, 11) is -3.81. The fraction of sp³-hybridized carbons (Fsp3) is 0. The van der Waals surface area contributed by atoms with Crippen LogP contribution >= 0.6 is 31.9 Å². The van der Waals surface area contributed by atoms with Gasteiger partial charge in [0.05, 0.1) is 23.0 Å². The van der Waals surface area contributed by atoms with Gasteiger partial charge in [0.2, 0.25) is 0 Å². The largest absolute Gasteiger partial charge is 0.398 e. The fourth-order valence-electron chi connectivity index (χ4n) is 1.63. The molecule has 2 aromatic carbocycles. The van der Waals surface area contributed by atoms with Crippen LogP contribution in [0.2, 0.25) is 0 Å². The SMILES string of the molecule is N#Cc1ccc(NS(=O)(=O)c2ccc(Br)cc2N)c(Br)c1. The molecule has 0 fully saturated rings. The highest BCUT2D eigenvalue weighted by molar-refractivity contribution is 9.10. The van der Waals surface area contributed by atoms with Crippen molar-refractivity contribution in [3.63, 3.8) is 0 Å². The first-order valence-electron chi connectivity index (χ1n) is 5.61. The summed E-state index contributed by atoms with van der Waals surface area (Å²) in [6.07, 6.45) is 0. The predicted octanol–water partition coefficient (Wildman–Crippen LogP) is 3.47. The Hall–Kier alpha value is -1.56. The van der Waals surface area contributed by atoms with E-state index in [1.54, 1.807) is 6.07 Å². The molecule has 8 heteroatoms. The van der Waals surface area contributed by atoms with Gasteiger partial charge in [0, 0.05) is 8.95 Å². The average Bonchev–Trinajstić information content (AvgIpc) is 2.40. The molecule has 0 bridgehead atoms. The highest BCUT2D eigenvalue weighted by Gasteiger charge is 2.18. The van der Waals surface area contributed by atoms with Gasteiger partial charge in [-0.2, -0.15) is 5.26 Å². The lowest BCUT2D eigenvalue weighted by atomic mass is 10.2. The van der Waals surface area contributed by atoms with Gasteiger partial charge in [-0.3, -0.25) is 4.72 Å². The van der Waals surface area contributed by atoms with Gasteiger partial charge in [-0.25, -0.2) is 8.42 Å². The van der Waals surface area contributed by atoms with Crippen molar-refractivity contribution in [3.05, 3.63) is 50.9 Å². The molecular formula is C13H9Br2N3O2S. The Morgan fingerprint density at radius 3 is 2.43 bits per heavy atom. The van der Waals surface area contributed by atoms with E-state index in [0.29, 0.717) is 20.2 Å². The zero-order valence-electron chi connectivity index (χ0n) is 10.5. The van der Waals surface area contributed by atoms with E-state index in [2.05, 4.69) is 36.6 Å². The summed E-state index contributed by atoms with van der Waals surface area (Å²) in [5.41, 5.74) is 6.64. The highest BCUT2D eigenvalue weighted by atomic mass is 79.9. The van der Waals surface area contributed by atoms with Crippen LogP contribution in [0, 0.1) is 11.3 Å². The Bertz CT molecular complexity index is 845. The van der Waals surface area contributed by atoms with Crippen LogP contribution in [-0.2, 0) is 10.0 Å². The minimum atomic E-state index is -3.81. The third-order valence-corrected chi connectivity index (χ3v) is 5.19. The molecule has 2 rings (SSSR count). The number of rotatable bonds is 3. The smallest absolute Gasteiger partial charge is 0.263 e. The second kappa shape index (κ2) is 6.05. The summed E-state index contributed by atoms with van der Waals surface area (Å²) in [4.78, 5) is -0.0121. The van der Waals surface area contributed by atoms with Crippen LogP contribution in [0.3, 0.4) is 0 Å². The lowest BCUT2D eigenvalue weighted by Crippen LogP contribution is -2.15. The maximum absolute atomic E-state index is 12.3. The maximum Gasteiger partial charge on any atom is 0.263 e. The number of benzene rings is 2. The van der Waals surface area contributed by atoms with Gasteiger partial charge in [-0.05, 0) is 52.3 Å². The predicted molar refractivity (Wildman–Crippen MR) is 88.2 cm³/mol. The maximum atomic E-state index is 12.3. The van der Waals surface area contributed by atoms with Gasteiger partial charge in [-0.1, -0.05) is 15.9 Å². The molecule has 0 spiro atoms. The first kappa shape index (κ1) is 15.8. The zero-order chi connectivity index (χ0) is 15.6. The third kappa shape index (κ3) is 3.56. The molecule has 0 atom stereocenters. The number of halogens is 2. The van der Waals surface area contributed by atoms with Crippen molar-refractivity contribution in [1.29, 1.82) is 5.26 Å². The van der Waals surface area contributed by atoms with Crippen molar-refractivity contribution in [1.82, 2.24) is 0 Å². The minimum absolute atomic E-state index is 0.0121. The number of sulfonamides is 1. The van der Waals surface area contributed by atoms with Crippen LogP contribution in [0.5, 0.6) is 0 Å². The molecule has 0 aliphatic rings. The molecule has 3 N–H and O–H groups in total. The number of nitrogens with one attached hydrogen (secondary N) is 1. The van der Waals surface area contributed by atoms with Crippen LogP contribution in [0.15, 0.2) is 50.2 Å². The molecule has 0 amide bonds. The molecule has 0 heterocycles. The number of nitrogens with two attached hydrogens (primary N) is 1. The van der Waals surface area contributed by atoms with E-state index in [1.807, 2.05) is 6.07 Å². The molecule has 108 valence electrons. The third-order valence-electron chi connectivity index (χ3n) is 2.60. The highest BCUT2D eigenvalue weighted by Crippen LogP contribution is 2.28. The van der Waals surface area contributed by atoms with Gasteiger partial charge in [0.25, 0.3) is 10.0 Å². The summed E-state index contributed by atoms with van der Waals surface area (Å²) in [6, 6.07) is 11.1. The van der Waals surface area contributed by atoms with Crippen LogP contribution in [-0.4, -0.2) is 8.42 Å². The molecule has 0 aliphatic carbocycles. The summed E-state index contributed by atoms with van der Waals surface area (Å²) in [6.45, 7) is 0. The van der Waals surface area contributed by atoms with Crippen molar-refractivity contribution in [2.75, 3.05) is 10.5 Å². The van der Waals surface area contributed by atoms with Gasteiger partial charge >= 0.3 is 0 Å². The van der Waals surface area contributed by atoms with E-state index >= 15 is 0 Å². The summed E-state index contributed by atoms with van der Waals surface area (Å²) >= 11 is 6.45. The van der Waals surface area contributed by atoms with E-state index in [4.69, 9.17) is 11.0 Å². The number of hydrogen-bond donors (Lipinski definition) is 2. The molecule has 0 saturated carbocycles. The summed E-state index contributed by atoms with van der Waals surface area (Å²) in [5.74, 6) is 0. The zero-order valence-corrected chi connectivity index (χ0v) is 14.5. The van der Waals surface area contributed by atoms with Crippen molar-refractivity contribution in [3.8, 4) is 6.07 Å². The number of nitrogens with zero attached hydrogens (tertiary/aromatic N) is 1. The van der Waals surface area contributed by atoms with E-state index in [-0.39, 0.29) is 10.6 Å². The Morgan fingerprint density at radius 1 is 1.14 bits per heavy atom. The molecule has 0 aromatic heterocycles. The first-order valence-corrected chi connectivity index (χ1v) is 8.68. The van der Waals surface area contributed by atoms with Crippen molar-refractivity contribution < 1.29 is 8.42 Å². The van der Waals surface area contributed by atoms with E-state index in [9.17, 15) is 8.42 Å². The molecule has 0 aliphatic heterocycles. The minimum Gasteiger partial charge on any atom is -0.398 e. The van der Waals surface area contributed by atoms with E-state index < -0.39 is 10.0 Å². The molecule has 0 radical (unpaired) electrons. The topological polar surface area (TPSA) is 96.0 Å². The van der Waals surface area contributed by atoms with Crippen LogP contribution in [0.25, 0.3) is 0 Å². The van der Waals surface area contributed by atoms with Crippen LogP contribution in [0.4, 0.5) is 11.4 Å². The lowest BCUT2D eigenvalue weighted by Gasteiger charge is -2.11. The van der Waals surface area contributed by atoms with Crippen molar-refractivity contribution >= 4 is 53.3 Å². The second-order valence-corrected chi connectivity index (χ2v) is 7.51. The van der Waals surface area contributed by atoms with Crippen LogP contribution in [0.1, 0.15) is 5.56 Å². The quantitative estimate of drug-likeness (QED) is 0.728. The summed E-state index contributed by atoms with van der Waals surface area (Å²) in [5, 5.41) is 8.80. The van der Waals surface area contributed by atoms with E-state index in [0.717, 1.165) is 0 Å². The van der Waals surface area contributed by atoms with Crippen molar-refractivity contribution in [2.45, 2.75) is 4.90 Å². The normalized spacial score (nSPS) is 10.9. The standard InChI is InChI=1S/C13H9Br2N3O2S/c14-9-2-4-13(11(17)6-9)21(19,20)18-12-3-1-8(7-16)5-10(12)15/h1-6,18H,17H2. The van der Waals surface area contributed by atoms with Gasteiger partial charge in [0.1, 0.15) is 4.90 Å². The second-order valence-electron chi connectivity index (χ2n) is 4.09. The monoisotopic (exact) mass is 429 g/mol. The molecule has 0 unspecified atom stereocenters. The van der Waals surface area contributed by atoms with Crippen LogP contribution < -0.4 is 10.5 Å². The number of nitriles is 1. The number of nitrogen functional groups attached to an aromatic ring is 1. The fourth-order valence-corrected chi connectivity index (χ4v) is 3.81. The first-order chi connectivity index (χ1) is 9.83. The van der Waals surface area contributed by atoms with Gasteiger partial charge < -0.3 is 5.73 Å². The van der Waals surface area contributed by atoms with Gasteiger partial charge in [0.15, 0.2) is 0 Å².